The van der Waals surface area contributed by atoms with E-state index in [0.717, 1.165) is 0 Å². The summed E-state index contributed by atoms with van der Waals surface area (Å²) in [6, 6.07) is 21.8. The second-order valence-electron chi connectivity index (χ2n) is 10.8. The fraction of sp³-hybridized carbons (Fsp3) is 0.111. The van der Waals surface area contributed by atoms with Gasteiger partial charge in [-0.05, 0) is 46.5 Å². The Balaban J connectivity index is 1.79. The van der Waals surface area contributed by atoms with Crippen LogP contribution in [0.25, 0.3) is 54.9 Å². The summed E-state index contributed by atoms with van der Waals surface area (Å²) in [6.07, 6.45) is 0. The van der Waals surface area contributed by atoms with Gasteiger partial charge in [0.1, 0.15) is 34.5 Å². The van der Waals surface area contributed by atoms with Gasteiger partial charge in [-0.25, -0.2) is 0 Å². The van der Waals surface area contributed by atoms with Crippen molar-refractivity contribution in [2.24, 2.45) is 0 Å². The van der Waals surface area contributed by atoms with Gasteiger partial charge in [0.15, 0.2) is 0 Å². The average Bonchev–Trinajstić information content (AvgIpc) is 3.11. The number of rotatable bonds is 9. The summed E-state index contributed by atoms with van der Waals surface area (Å²) in [4.78, 5) is 22.5. The molecule has 12 nitrogen and oxygen atoms in total. The van der Waals surface area contributed by atoms with E-state index >= 15 is 0 Å². The molecule has 0 fully saturated rings. The van der Waals surface area contributed by atoms with Gasteiger partial charge in [-0.1, -0.05) is 24.3 Å². The van der Waals surface area contributed by atoms with Crippen LogP contribution in [0.4, 0.5) is 11.4 Å². The van der Waals surface area contributed by atoms with Crippen LogP contribution in [0, 0.1) is 20.2 Å². The van der Waals surface area contributed by atoms with Crippen molar-refractivity contribution in [1.82, 2.24) is 0 Å². The van der Waals surface area contributed by atoms with Crippen LogP contribution >= 0.6 is 0 Å². The monoisotopic (exact) mass is 648 g/mol. The maximum Gasteiger partial charge on any atom is 0.270 e. The molecule has 0 saturated heterocycles. The largest absolute Gasteiger partial charge is 0.507 e. The SMILES string of the molecule is COc1cc(OC)c2c(O)c(-c3cc(-c4cccc([N+](=O)[O-])c4)c4cc(OC)cc(OC)c4c3O)cc(-c3cccc([N+](=O)[O-])c3)c2c1. The average molecular weight is 649 g/mol. The van der Waals surface area contributed by atoms with E-state index in [-0.39, 0.29) is 56.3 Å². The molecule has 0 unspecified atom stereocenters. The number of benzene rings is 6. The lowest BCUT2D eigenvalue weighted by Gasteiger charge is -2.20. The molecule has 0 heterocycles. The molecule has 0 aliphatic rings. The van der Waals surface area contributed by atoms with E-state index in [2.05, 4.69) is 0 Å². The number of ether oxygens (including phenoxy) is 4. The summed E-state index contributed by atoms with van der Waals surface area (Å²) < 4.78 is 22.3. The molecule has 6 aromatic rings. The van der Waals surface area contributed by atoms with Crippen molar-refractivity contribution in [2.75, 3.05) is 28.4 Å². The maximum atomic E-state index is 12.0. The minimum Gasteiger partial charge on any atom is -0.507 e. The standard InChI is InChI=1S/C36H28N2O10/c1-45-23-13-27-25(19-7-5-9-21(11-19)37(41)42)17-29(35(39)33(27)31(15-23)47-3)30-18-26(20-8-6-10-22(12-20)38(43)44)28-14-24(46-2)16-32(48-4)34(28)36(30)40/h5-18,39-40H,1-4H3. The summed E-state index contributed by atoms with van der Waals surface area (Å²) in [5, 5.41) is 48.9. The summed E-state index contributed by atoms with van der Waals surface area (Å²) in [5.41, 5.74) is 1.84. The van der Waals surface area contributed by atoms with E-state index < -0.39 is 9.85 Å². The van der Waals surface area contributed by atoms with Gasteiger partial charge in [0, 0.05) is 58.3 Å². The van der Waals surface area contributed by atoms with Gasteiger partial charge in [0.05, 0.1) is 49.1 Å². The van der Waals surface area contributed by atoms with Crippen LogP contribution in [-0.2, 0) is 0 Å². The fourth-order valence-corrected chi connectivity index (χ4v) is 5.96. The third-order valence-corrected chi connectivity index (χ3v) is 8.23. The van der Waals surface area contributed by atoms with Crippen molar-refractivity contribution < 1.29 is 39.0 Å². The number of nitro benzene ring substituents is 2. The fourth-order valence-electron chi connectivity index (χ4n) is 5.96. The molecule has 6 aromatic carbocycles. The first-order chi connectivity index (χ1) is 23.1. The Hall–Kier alpha value is -6.56. The van der Waals surface area contributed by atoms with Crippen molar-refractivity contribution in [3.05, 3.63) is 105 Å². The number of fused-ring (bicyclic) bond motifs is 2. The Labute approximate surface area is 273 Å². The molecule has 0 amide bonds. The molecule has 48 heavy (non-hydrogen) atoms. The third kappa shape index (κ3) is 5.24. The molecule has 2 N–H and O–H groups in total. The molecular formula is C36H28N2O10. The summed E-state index contributed by atoms with van der Waals surface area (Å²) in [6.45, 7) is 0. The highest BCUT2D eigenvalue weighted by Crippen LogP contribution is 2.53. The van der Waals surface area contributed by atoms with E-state index in [0.29, 0.717) is 44.5 Å². The molecule has 0 bridgehead atoms. The van der Waals surface area contributed by atoms with Crippen LogP contribution in [0.2, 0.25) is 0 Å². The summed E-state index contributed by atoms with van der Waals surface area (Å²) in [5.74, 6) is 0.808. The van der Waals surface area contributed by atoms with E-state index in [1.54, 1.807) is 60.7 Å². The van der Waals surface area contributed by atoms with Crippen molar-refractivity contribution in [2.45, 2.75) is 0 Å². The zero-order valence-electron chi connectivity index (χ0n) is 26.1. The second kappa shape index (κ2) is 12.3. The van der Waals surface area contributed by atoms with E-state index in [1.165, 1.54) is 52.7 Å². The van der Waals surface area contributed by atoms with Gasteiger partial charge >= 0.3 is 0 Å². The molecule has 6 rings (SSSR count). The van der Waals surface area contributed by atoms with Crippen LogP contribution in [-0.4, -0.2) is 48.5 Å². The van der Waals surface area contributed by atoms with Crippen LogP contribution < -0.4 is 18.9 Å². The number of nitrogens with zero attached hydrogens (tertiary/aromatic N) is 2. The lowest BCUT2D eigenvalue weighted by molar-refractivity contribution is -0.385. The van der Waals surface area contributed by atoms with Crippen LogP contribution in [0.1, 0.15) is 0 Å². The normalized spacial score (nSPS) is 11.0. The lowest BCUT2D eigenvalue weighted by atomic mass is 9.87. The molecule has 0 spiro atoms. The molecule has 242 valence electrons. The molecule has 0 aliphatic heterocycles. The number of nitro groups is 2. The third-order valence-electron chi connectivity index (χ3n) is 8.23. The number of hydrogen-bond acceptors (Lipinski definition) is 10. The zero-order chi connectivity index (χ0) is 34.3. The Kier molecular flexibility index (Phi) is 8.07. The topological polar surface area (TPSA) is 164 Å². The highest BCUT2D eigenvalue weighted by molar-refractivity contribution is 6.13. The van der Waals surface area contributed by atoms with Crippen LogP contribution in [0.5, 0.6) is 34.5 Å². The first-order valence-electron chi connectivity index (χ1n) is 14.4. The minimum absolute atomic E-state index is 0.148. The molecule has 12 heteroatoms. The van der Waals surface area contributed by atoms with Crippen molar-refractivity contribution in [1.29, 1.82) is 0 Å². The Morgan fingerprint density at radius 1 is 0.521 bits per heavy atom. The molecule has 0 aliphatic carbocycles. The van der Waals surface area contributed by atoms with E-state index in [9.17, 15) is 30.4 Å². The second-order valence-corrected chi connectivity index (χ2v) is 10.8. The van der Waals surface area contributed by atoms with E-state index in [4.69, 9.17) is 18.9 Å². The molecule has 0 atom stereocenters. The Bertz CT molecular complexity index is 2120. The van der Waals surface area contributed by atoms with Gasteiger partial charge < -0.3 is 29.2 Å². The van der Waals surface area contributed by atoms with Crippen molar-refractivity contribution in [3.8, 4) is 67.9 Å². The number of non-ortho nitro benzene ring substituents is 2. The quantitative estimate of drug-likeness (QED) is 0.115. The number of hydrogen-bond donors (Lipinski definition) is 2. The first kappa shape index (κ1) is 31.4. The van der Waals surface area contributed by atoms with Gasteiger partial charge in [-0.3, -0.25) is 20.2 Å². The predicted octanol–water partition coefficient (Wildman–Crippen LogP) is 8.26. The highest BCUT2D eigenvalue weighted by atomic mass is 16.6. The van der Waals surface area contributed by atoms with Gasteiger partial charge in [-0.2, -0.15) is 0 Å². The lowest BCUT2D eigenvalue weighted by Crippen LogP contribution is -1.96. The summed E-state index contributed by atoms with van der Waals surface area (Å²) >= 11 is 0. The number of phenols is 2. The number of aromatic hydroxyl groups is 2. The van der Waals surface area contributed by atoms with Gasteiger partial charge in [0.2, 0.25) is 0 Å². The maximum absolute atomic E-state index is 12.0. The first-order valence-corrected chi connectivity index (χ1v) is 14.4. The molecule has 0 saturated carbocycles. The van der Waals surface area contributed by atoms with Crippen LogP contribution in [0.15, 0.2) is 84.9 Å². The Morgan fingerprint density at radius 2 is 0.917 bits per heavy atom. The molecule has 0 radical (unpaired) electrons. The van der Waals surface area contributed by atoms with Gasteiger partial charge in [0.25, 0.3) is 11.4 Å². The van der Waals surface area contributed by atoms with Crippen LogP contribution in [0.3, 0.4) is 0 Å². The number of methoxy groups -OCH3 is 4. The molecule has 0 aromatic heterocycles. The van der Waals surface area contributed by atoms with E-state index in [1.807, 2.05) is 0 Å². The van der Waals surface area contributed by atoms with Crippen molar-refractivity contribution in [3.63, 3.8) is 0 Å². The smallest absolute Gasteiger partial charge is 0.270 e. The highest BCUT2D eigenvalue weighted by Gasteiger charge is 2.25. The Morgan fingerprint density at radius 3 is 1.25 bits per heavy atom. The summed E-state index contributed by atoms with van der Waals surface area (Å²) in [7, 11) is 5.82. The van der Waals surface area contributed by atoms with Crippen molar-refractivity contribution >= 4 is 32.9 Å². The van der Waals surface area contributed by atoms with Gasteiger partial charge in [-0.15, -0.1) is 0 Å². The zero-order valence-corrected chi connectivity index (χ0v) is 26.1. The minimum atomic E-state index is -0.505. The predicted molar refractivity (Wildman–Crippen MR) is 181 cm³/mol. The molecular weight excluding hydrogens is 620 g/mol. The number of phenolic OH excluding ortho intramolecular Hbond substituents is 2.